The molecule has 0 bridgehead atoms. The summed E-state index contributed by atoms with van der Waals surface area (Å²) in [6.45, 7) is 6.64. The fourth-order valence-corrected chi connectivity index (χ4v) is 12.6. The zero-order valence-electron chi connectivity index (χ0n) is 51.8. The summed E-state index contributed by atoms with van der Waals surface area (Å²) < 4.78 is 0. The number of aromatic nitrogens is 3. The zero-order chi connectivity index (χ0) is 65.4. The highest BCUT2D eigenvalue weighted by Crippen LogP contribution is 2.37. The highest BCUT2D eigenvalue weighted by atomic mass is 35.5. The summed E-state index contributed by atoms with van der Waals surface area (Å²) in [7, 11) is 0. The van der Waals surface area contributed by atoms with Crippen molar-refractivity contribution >= 4 is 132 Å². The number of ketones is 3. The van der Waals surface area contributed by atoms with Crippen LogP contribution in [0.5, 0.6) is 0 Å². The smallest absolute Gasteiger partial charge is 0.252 e. The molecule has 484 valence electrons. The lowest BCUT2D eigenvalue weighted by molar-refractivity contribution is -0.134. The van der Waals surface area contributed by atoms with Gasteiger partial charge in [0, 0.05) is 107 Å². The van der Waals surface area contributed by atoms with E-state index in [1.165, 1.54) is 0 Å². The first-order valence-electron chi connectivity index (χ1n) is 30.6. The number of aromatic amines is 3. The molecule has 18 nitrogen and oxygen atoms in total. The van der Waals surface area contributed by atoms with E-state index >= 15 is 0 Å². The van der Waals surface area contributed by atoms with Crippen LogP contribution in [0.1, 0.15) is 114 Å². The van der Waals surface area contributed by atoms with E-state index in [1.54, 1.807) is 72.8 Å². The van der Waals surface area contributed by atoms with Crippen molar-refractivity contribution in [2.24, 2.45) is 34.4 Å². The van der Waals surface area contributed by atoms with Gasteiger partial charge in [0.05, 0.1) is 0 Å². The summed E-state index contributed by atoms with van der Waals surface area (Å²) >= 11 is 19.1. The number of hydrogen-bond acceptors (Lipinski definition) is 12. The van der Waals surface area contributed by atoms with Gasteiger partial charge in [0.25, 0.3) is 17.7 Å². The molecule has 92 heavy (non-hydrogen) atoms. The molecule has 3 heterocycles. The first kappa shape index (κ1) is 70.2. The molecule has 0 spiro atoms. The molecule has 9 aromatic rings. The van der Waals surface area contributed by atoms with Crippen LogP contribution in [0, 0.1) is 20.8 Å². The Morgan fingerprint density at radius 2 is 0.652 bits per heavy atom. The largest absolute Gasteiger partial charge is 0.358 e. The van der Waals surface area contributed by atoms with Gasteiger partial charge in [-0.15, -0.1) is 12.4 Å². The van der Waals surface area contributed by atoms with Crippen molar-refractivity contribution in [2.45, 2.75) is 120 Å². The summed E-state index contributed by atoms with van der Waals surface area (Å²) in [6.07, 6.45) is 2.75. The Labute approximate surface area is 555 Å². The van der Waals surface area contributed by atoms with Gasteiger partial charge in [0.1, 0.15) is 0 Å². The van der Waals surface area contributed by atoms with E-state index in [2.05, 4.69) is 30.9 Å². The lowest BCUT2D eigenvalue weighted by atomic mass is 9.83. The van der Waals surface area contributed by atoms with Crippen molar-refractivity contribution in [2.75, 3.05) is 35.6 Å². The van der Waals surface area contributed by atoms with E-state index in [1.807, 2.05) is 75.4 Å². The number of H-pyrrole nitrogens is 3. The minimum Gasteiger partial charge on any atom is -0.358 e. The van der Waals surface area contributed by atoms with Crippen LogP contribution in [0.25, 0.3) is 32.7 Å². The van der Waals surface area contributed by atoms with Gasteiger partial charge in [-0.2, -0.15) is 0 Å². The van der Waals surface area contributed by atoms with Gasteiger partial charge in [-0.1, -0.05) is 71.2 Å². The Balaban J connectivity index is 0.0000109. The third kappa shape index (κ3) is 15.5. The predicted molar refractivity (Wildman–Crippen MR) is 373 cm³/mol. The molecule has 0 unspecified atom stereocenters. The number of hydrogen-bond donors (Lipinski definition) is 12. The van der Waals surface area contributed by atoms with E-state index in [-0.39, 0.29) is 50.9 Å². The topological polar surface area (TPSA) is 342 Å². The fourth-order valence-electron chi connectivity index (χ4n) is 12.1. The molecular weight excluding hydrogens is 1250 g/mol. The van der Waals surface area contributed by atoms with E-state index in [0.717, 1.165) is 66.5 Å². The number of rotatable bonds is 30. The maximum absolute atomic E-state index is 14.4. The summed E-state index contributed by atoms with van der Waals surface area (Å²) in [4.78, 5) is 96.4. The zero-order valence-corrected chi connectivity index (χ0v) is 54.8. The minimum absolute atomic E-state index is 0. The predicted octanol–water partition coefficient (Wildman–Crippen LogP) is 11.3. The Kier molecular flexibility index (Phi) is 23.1. The molecular formula is C70H80Cl4N12O6. The highest BCUT2D eigenvalue weighted by Gasteiger charge is 2.44. The number of Topliss-reactive ketones (excluding diaryl/α,β-unsaturated/α-hetero) is 3. The first-order valence-corrected chi connectivity index (χ1v) is 31.7. The van der Waals surface area contributed by atoms with Crippen LogP contribution in [-0.4, -0.2) is 86.3 Å². The van der Waals surface area contributed by atoms with Crippen LogP contribution in [-0.2, 0) is 48.0 Å². The second-order valence-electron chi connectivity index (χ2n) is 23.9. The number of unbranched alkanes of at least 4 members (excludes halogenated alkanes) is 3. The third-order valence-electron chi connectivity index (χ3n) is 17.5. The van der Waals surface area contributed by atoms with Gasteiger partial charge in [-0.05, 0) is 223 Å². The number of nitrogens with two attached hydrogens (primary N) is 6. The number of anilines is 3. The maximum Gasteiger partial charge on any atom is 0.252 e. The highest BCUT2D eigenvalue weighted by molar-refractivity contribution is 6.32. The molecule has 0 fully saturated rings. The molecule has 6 aromatic carbocycles. The molecule has 0 saturated carbocycles. The van der Waals surface area contributed by atoms with Crippen molar-refractivity contribution in [1.29, 1.82) is 0 Å². The van der Waals surface area contributed by atoms with Crippen molar-refractivity contribution in [3.8, 4) is 0 Å². The summed E-state index contributed by atoms with van der Waals surface area (Å²) in [6, 6.07) is 37.6. The van der Waals surface area contributed by atoms with E-state index < -0.39 is 57.6 Å². The SMILES string of the molecule is Cc1[nH]c2ccc(Cl)cc2c1CC(=O)[C@@](N)(CCCCN)C(=O)Nc1ccc(C(c2ccc(NC(=O)[C@](N)(CCCCN)C(=O)Cc3c(C)[nH]c4ccc(Cl)cc34)cc2)c2ccc(NC(=O)[C@](N)(CCCCN)C(=O)Cc3c(C)[nH]c4ccc(Cl)cc34)cc2)cc1.Cl. The minimum atomic E-state index is -1.92. The number of amides is 3. The van der Waals surface area contributed by atoms with E-state index in [9.17, 15) is 28.8 Å². The standard InChI is InChI=1S/C70H79Cl3N12O6.ClH/c1-40-52(55-34-46(71)16-25-58(55)80-40)37-61(86)68(77,28-4-7-31-74)65(89)83-49-19-10-43(11-20-49)64(44-12-21-50(22-13-44)84-66(90)69(78,29-5-8-32-75)62(87)38-53-41(2)81-59-26-17-47(72)35-56(53)59)45-14-23-51(24-15-45)85-67(91)70(79,30-6-9-33-76)63(88)39-54-42(3)82-60-27-18-48(73)36-57(54)60;/h10-27,34-36,64,80-82H,4-9,28-33,37-39,74-79H2,1-3H3,(H,83,89)(H,84,90)(H,85,91);1H/t68-,69-,70-;/m0./s1. The van der Waals surface area contributed by atoms with Crippen LogP contribution in [0.4, 0.5) is 17.1 Å². The van der Waals surface area contributed by atoms with Gasteiger partial charge in [0.2, 0.25) is 0 Å². The second kappa shape index (κ2) is 30.4. The number of fused-ring (bicyclic) bond motifs is 3. The molecule has 22 heteroatoms. The van der Waals surface area contributed by atoms with E-state index in [0.29, 0.717) is 107 Å². The number of carbonyl (C=O) groups is 6. The van der Waals surface area contributed by atoms with Crippen molar-refractivity contribution < 1.29 is 28.8 Å². The lowest BCUT2D eigenvalue weighted by Crippen LogP contribution is -2.58. The number of carbonyl (C=O) groups excluding carboxylic acids is 6. The molecule has 0 saturated heterocycles. The number of aryl methyl sites for hydroxylation is 3. The molecule has 9 rings (SSSR count). The van der Waals surface area contributed by atoms with Gasteiger partial charge in [-0.25, -0.2) is 0 Å². The Hall–Kier alpha value is -7.72. The van der Waals surface area contributed by atoms with Crippen molar-refractivity contribution in [3.63, 3.8) is 0 Å². The van der Waals surface area contributed by atoms with Crippen LogP contribution in [0.3, 0.4) is 0 Å². The van der Waals surface area contributed by atoms with Gasteiger partial charge in [-0.3, -0.25) is 28.8 Å². The number of benzene rings is 6. The van der Waals surface area contributed by atoms with Crippen molar-refractivity contribution in [3.05, 3.63) is 193 Å². The molecule has 0 radical (unpaired) electrons. The van der Waals surface area contributed by atoms with E-state index in [4.69, 9.17) is 69.2 Å². The molecule has 0 aliphatic carbocycles. The van der Waals surface area contributed by atoms with Crippen LogP contribution in [0.2, 0.25) is 15.1 Å². The van der Waals surface area contributed by atoms with Gasteiger partial charge in [0.15, 0.2) is 34.0 Å². The molecule has 3 atom stereocenters. The average Bonchev–Trinajstić information content (AvgIpc) is 1.52. The molecule has 3 aromatic heterocycles. The Bertz CT molecular complexity index is 3750. The molecule has 3 amide bonds. The molecule has 18 N–H and O–H groups in total. The van der Waals surface area contributed by atoms with Crippen LogP contribution >= 0.6 is 47.2 Å². The summed E-state index contributed by atoms with van der Waals surface area (Å²) in [5.41, 5.74) is 42.8. The van der Waals surface area contributed by atoms with Gasteiger partial charge >= 0.3 is 0 Å². The quantitative estimate of drug-likeness (QED) is 0.0114. The fraction of sp³-hybridized carbons (Fsp3) is 0.314. The maximum atomic E-state index is 14.4. The monoisotopic (exact) mass is 1320 g/mol. The molecule has 0 aliphatic heterocycles. The van der Waals surface area contributed by atoms with Gasteiger partial charge < -0.3 is 65.3 Å². The van der Waals surface area contributed by atoms with Crippen LogP contribution in [0.15, 0.2) is 127 Å². The summed E-state index contributed by atoms with van der Waals surface area (Å²) in [5.74, 6) is -3.94. The molecule has 0 aliphatic rings. The normalized spacial score (nSPS) is 13.5. The second-order valence-corrected chi connectivity index (χ2v) is 25.2. The Morgan fingerprint density at radius 3 is 0.891 bits per heavy atom. The number of nitrogens with one attached hydrogen (secondary N) is 6. The number of halogens is 4. The first-order chi connectivity index (χ1) is 43.5. The van der Waals surface area contributed by atoms with Crippen LogP contribution < -0.4 is 50.4 Å². The Morgan fingerprint density at radius 1 is 0.402 bits per heavy atom. The summed E-state index contributed by atoms with van der Waals surface area (Å²) in [5, 5.41) is 12.6. The lowest BCUT2D eigenvalue weighted by Gasteiger charge is -2.28. The van der Waals surface area contributed by atoms with Crippen molar-refractivity contribution in [1.82, 2.24) is 15.0 Å². The average molecular weight is 1330 g/mol. The third-order valence-corrected chi connectivity index (χ3v) is 18.3.